The largest absolute Gasteiger partial charge is 0.454 e. The van der Waals surface area contributed by atoms with Gasteiger partial charge in [-0.25, -0.2) is 0 Å². The lowest BCUT2D eigenvalue weighted by atomic mass is 9.82. The lowest BCUT2D eigenvalue weighted by Crippen LogP contribution is -2.30. The molecular formula is C17H23NO3. The van der Waals surface area contributed by atoms with Crippen LogP contribution in [0.3, 0.4) is 0 Å². The Labute approximate surface area is 126 Å². The van der Waals surface area contributed by atoms with Gasteiger partial charge in [-0.3, -0.25) is 9.69 Å². The smallest absolute Gasteiger partial charge is 0.231 e. The van der Waals surface area contributed by atoms with Gasteiger partial charge in [0, 0.05) is 12.1 Å². The van der Waals surface area contributed by atoms with E-state index in [1.54, 1.807) is 6.07 Å². The first kappa shape index (κ1) is 14.4. The average molecular weight is 289 g/mol. The van der Waals surface area contributed by atoms with Crippen molar-refractivity contribution in [2.45, 2.75) is 33.1 Å². The van der Waals surface area contributed by atoms with E-state index >= 15 is 0 Å². The second kappa shape index (κ2) is 5.68. The number of hydrogen-bond donors (Lipinski definition) is 0. The van der Waals surface area contributed by atoms with Gasteiger partial charge >= 0.3 is 0 Å². The molecule has 0 N–H and O–H groups in total. The molecule has 2 heterocycles. The molecule has 1 aromatic carbocycles. The summed E-state index contributed by atoms with van der Waals surface area (Å²) in [7, 11) is 0. The van der Waals surface area contributed by atoms with Gasteiger partial charge in [0.25, 0.3) is 0 Å². The van der Waals surface area contributed by atoms with Crippen LogP contribution in [-0.4, -0.2) is 37.1 Å². The SMILES string of the molecule is CCC1(CC)CCN(CC(=O)c2ccc3c(c2)OCO3)C1. The molecule has 3 rings (SSSR count). The van der Waals surface area contributed by atoms with Crippen molar-refractivity contribution in [3.8, 4) is 11.5 Å². The Balaban J connectivity index is 1.65. The lowest BCUT2D eigenvalue weighted by Gasteiger charge is -2.26. The highest BCUT2D eigenvalue weighted by atomic mass is 16.7. The van der Waals surface area contributed by atoms with E-state index in [2.05, 4.69) is 18.7 Å². The number of ether oxygens (including phenoxy) is 2. The Morgan fingerprint density at radius 3 is 2.71 bits per heavy atom. The molecule has 0 amide bonds. The molecule has 21 heavy (non-hydrogen) atoms. The summed E-state index contributed by atoms with van der Waals surface area (Å²) in [6.07, 6.45) is 3.59. The predicted molar refractivity (Wildman–Crippen MR) is 81.0 cm³/mol. The molecule has 1 aromatic rings. The summed E-state index contributed by atoms with van der Waals surface area (Å²) in [5.74, 6) is 1.57. The molecule has 0 bridgehead atoms. The van der Waals surface area contributed by atoms with E-state index in [4.69, 9.17) is 9.47 Å². The minimum Gasteiger partial charge on any atom is -0.454 e. The summed E-state index contributed by atoms with van der Waals surface area (Å²) in [6, 6.07) is 5.45. The third-order valence-electron chi connectivity index (χ3n) is 5.08. The summed E-state index contributed by atoms with van der Waals surface area (Å²) in [5, 5.41) is 0. The van der Waals surface area contributed by atoms with Crippen molar-refractivity contribution in [2.75, 3.05) is 26.4 Å². The maximum Gasteiger partial charge on any atom is 0.231 e. The Hall–Kier alpha value is -1.55. The van der Waals surface area contributed by atoms with E-state index in [9.17, 15) is 4.79 Å². The third kappa shape index (κ3) is 2.77. The fraction of sp³-hybridized carbons (Fsp3) is 0.588. The van der Waals surface area contributed by atoms with Crippen molar-refractivity contribution in [3.63, 3.8) is 0 Å². The zero-order valence-corrected chi connectivity index (χ0v) is 12.9. The first-order valence-electron chi connectivity index (χ1n) is 7.81. The first-order chi connectivity index (χ1) is 10.2. The van der Waals surface area contributed by atoms with Gasteiger partial charge in [-0.1, -0.05) is 13.8 Å². The molecule has 0 radical (unpaired) electrons. The molecule has 1 fully saturated rings. The van der Waals surface area contributed by atoms with Crippen LogP contribution in [-0.2, 0) is 0 Å². The van der Waals surface area contributed by atoms with Crippen LogP contribution in [0.1, 0.15) is 43.5 Å². The number of hydrogen-bond acceptors (Lipinski definition) is 4. The molecule has 0 saturated carbocycles. The Kier molecular flexibility index (Phi) is 3.89. The van der Waals surface area contributed by atoms with Gasteiger partial charge in [0.2, 0.25) is 6.79 Å². The van der Waals surface area contributed by atoms with Gasteiger partial charge in [-0.15, -0.1) is 0 Å². The molecular weight excluding hydrogens is 266 g/mol. The van der Waals surface area contributed by atoms with E-state index in [-0.39, 0.29) is 12.6 Å². The number of rotatable bonds is 5. The van der Waals surface area contributed by atoms with Crippen LogP contribution in [0.5, 0.6) is 11.5 Å². The predicted octanol–water partition coefficient (Wildman–Crippen LogP) is 3.11. The molecule has 0 atom stereocenters. The summed E-state index contributed by atoms with van der Waals surface area (Å²) in [6.45, 7) is 7.32. The van der Waals surface area contributed by atoms with Crippen LogP contribution < -0.4 is 9.47 Å². The van der Waals surface area contributed by atoms with E-state index in [0.29, 0.717) is 23.3 Å². The number of carbonyl (C=O) groups excluding carboxylic acids is 1. The molecule has 0 unspecified atom stereocenters. The Bertz CT molecular complexity index is 537. The molecule has 4 nitrogen and oxygen atoms in total. The van der Waals surface area contributed by atoms with Gasteiger partial charge in [0.05, 0.1) is 6.54 Å². The zero-order valence-electron chi connectivity index (χ0n) is 12.9. The molecule has 2 aliphatic heterocycles. The van der Waals surface area contributed by atoms with Crippen molar-refractivity contribution < 1.29 is 14.3 Å². The zero-order chi connectivity index (χ0) is 14.9. The van der Waals surface area contributed by atoms with Gasteiger partial charge in [-0.2, -0.15) is 0 Å². The highest BCUT2D eigenvalue weighted by Gasteiger charge is 2.35. The minimum atomic E-state index is 0.163. The molecule has 4 heteroatoms. The van der Waals surface area contributed by atoms with E-state index in [1.165, 1.54) is 19.3 Å². The van der Waals surface area contributed by atoms with E-state index in [0.717, 1.165) is 18.8 Å². The second-order valence-corrected chi connectivity index (χ2v) is 6.16. The summed E-state index contributed by atoms with van der Waals surface area (Å²) in [4.78, 5) is 14.7. The topological polar surface area (TPSA) is 38.8 Å². The Morgan fingerprint density at radius 1 is 1.24 bits per heavy atom. The summed E-state index contributed by atoms with van der Waals surface area (Å²) in [5.41, 5.74) is 1.12. The maximum atomic E-state index is 12.5. The fourth-order valence-electron chi connectivity index (χ4n) is 3.35. The minimum absolute atomic E-state index is 0.163. The van der Waals surface area contributed by atoms with Gasteiger partial charge < -0.3 is 9.47 Å². The number of carbonyl (C=O) groups is 1. The van der Waals surface area contributed by atoms with Crippen LogP contribution >= 0.6 is 0 Å². The van der Waals surface area contributed by atoms with Crippen LogP contribution in [0.2, 0.25) is 0 Å². The van der Waals surface area contributed by atoms with Crippen molar-refractivity contribution >= 4 is 5.78 Å². The second-order valence-electron chi connectivity index (χ2n) is 6.16. The van der Waals surface area contributed by atoms with Crippen molar-refractivity contribution in [2.24, 2.45) is 5.41 Å². The van der Waals surface area contributed by atoms with Crippen LogP contribution in [0, 0.1) is 5.41 Å². The van der Waals surface area contributed by atoms with Crippen molar-refractivity contribution in [1.82, 2.24) is 4.90 Å². The highest BCUT2D eigenvalue weighted by Crippen LogP contribution is 2.37. The molecule has 114 valence electrons. The Morgan fingerprint density at radius 2 is 2.00 bits per heavy atom. The lowest BCUT2D eigenvalue weighted by molar-refractivity contribution is 0.0936. The third-order valence-corrected chi connectivity index (χ3v) is 5.08. The van der Waals surface area contributed by atoms with Crippen molar-refractivity contribution in [1.29, 1.82) is 0 Å². The fourth-order valence-corrected chi connectivity index (χ4v) is 3.35. The standard InChI is InChI=1S/C17H23NO3/c1-3-17(4-2)7-8-18(11-17)10-14(19)13-5-6-15-16(9-13)21-12-20-15/h5-6,9H,3-4,7-8,10-12H2,1-2H3. The number of nitrogens with zero attached hydrogens (tertiary/aromatic N) is 1. The van der Waals surface area contributed by atoms with Crippen molar-refractivity contribution in [3.05, 3.63) is 23.8 Å². The van der Waals surface area contributed by atoms with E-state index < -0.39 is 0 Å². The van der Waals surface area contributed by atoms with Gasteiger partial charge in [0.1, 0.15) is 0 Å². The number of fused-ring (bicyclic) bond motifs is 1. The molecule has 0 aromatic heterocycles. The van der Waals surface area contributed by atoms with E-state index in [1.807, 2.05) is 12.1 Å². The quantitative estimate of drug-likeness (QED) is 0.781. The summed E-state index contributed by atoms with van der Waals surface area (Å²) >= 11 is 0. The van der Waals surface area contributed by atoms with Crippen LogP contribution in [0.4, 0.5) is 0 Å². The monoisotopic (exact) mass is 289 g/mol. The highest BCUT2D eigenvalue weighted by molar-refractivity contribution is 5.98. The number of Topliss-reactive ketones (excluding diaryl/α,β-unsaturated/α-hetero) is 1. The number of ketones is 1. The summed E-state index contributed by atoms with van der Waals surface area (Å²) < 4.78 is 10.6. The molecule has 2 aliphatic rings. The maximum absolute atomic E-state index is 12.5. The van der Waals surface area contributed by atoms with Gasteiger partial charge in [0.15, 0.2) is 17.3 Å². The average Bonchev–Trinajstić information content (AvgIpc) is 3.13. The molecule has 0 aliphatic carbocycles. The first-order valence-corrected chi connectivity index (χ1v) is 7.81. The molecule has 0 spiro atoms. The molecule has 1 saturated heterocycles. The number of likely N-dealkylation sites (tertiary alicyclic amines) is 1. The van der Waals surface area contributed by atoms with Crippen LogP contribution in [0.15, 0.2) is 18.2 Å². The van der Waals surface area contributed by atoms with Crippen LogP contribution in [0.25, 0.3) is 0 Å². The van der Waals surface area contributed by atoms with Gasteiger partial charge in [-0.05, 0) is 49.4 Å². The number of benzene rings is 1. The normalized spacial score (nSPS) is 19.9.